The van der Waals surface area contributed by atoms with Crippen molar-refractivity contribution in [3.8, 4) is 11.3 Å². The monoisotopic (exact) mass is 367 g/mol. The third-order valence-electron chi connectivity index (χ3n) is 3.36. The highest BCUT2D eigenvalue weighted by atomic mass is 32.2. The van der Waals surface area contributed by atoms with Gasteiger partial charge < -0.3 is 0 Å². The highest BCUT2D eigenvalue weighted by Gasteiger charge is 2.07. The van der Waals surface area contributed by atoms with Crippen molar-refractivity contribution in [3.63, 3.8) is 0 Å². The number of nitrogens with zero attached hydrogens (tertiary/aromatic N) is 2. The van der Waals surface area contributed by atoms with Gasteiger partial charge >= 0.3 is 0 Å². The zero-order valence-corrected chi connectivity index (χ0v) is 15.3. The number of rotatable bonds is 6. The number of benzene rings is 2. The van der Waals surface area contributed by atoms with Crippen LogP contribution >= 0.6 is 23.1 Å². The van der Waals surface area contributed by atoms with Gasteiger partial charge in [0, 0.05) is 10.9 Å². The maximum atomic E-state index is 11.9. The molecule has 0 aliphatic carbocycles. The highest BCUT2D eigenvalue weighted by molar-refractivity contribution is 8.01. The molecule has 0 aliphatic rings. The predicted molar refractivity (Wildman–Crippen MR) is 105 cm³/mol. The van der Waals surface area contributed by atoms with Crippen molar-refractivity contribution >= 4 is 35.2 Å². The van der Waals surface area contributed by atoms with Crippen LogP contribution in [0.2, 0.25) is 0 Å². The Labute approximate surface area is 155 Å². The summed E-state index contributed by atoms with van der Waals surface area (Å²) >= 11 is 2.96. The summed E-state index contributed by atoms with van der Waals surface area (Å²) in [5.74, 6) is 0.136. The van der Waals surface area contributed by atoms with Crippen LogP contribution in [0.5, 0.6) is 0 Å². The van der Waals surface area contributed by atoms with E-state index in [0.29, 0.717) is 0 Å². The summed E-state index contributed by atoms with van der Waals surface area (Å²) in [6, 6.07) is 17.9. The number of aryl methyl sites for hydroxylation is 1. The van der Waals surface area contributed by atoms with Crippen molar-refractivity contribution in [2.45, 2.75) is 11.3 Å². The van der Waals surface area contributed by atoms with Crippen molar-refractivity contribution in [3.05, 3.63) is 71.1 Å². The predicted octanol–water partition coefficient (Wildman–Crippen LogP) is 4.36. The summed E-state index contributed by atoms with van der Waals surface area (Å²) in [4.78, 5) is 16.4. The number of hydrazone groups is 1. The SMILES string of the molecule is Cc1ccc(/C=N/NC(=O)CSc2nc(-c3ccccc3)cs2)cc1. The van der Waals surface area contributed by atoms with E-state index in [-0.39, 0.29) is 11.7 Å². The molecule has 0 unspecified atom stereocenters. The molecule has 3 aromatic rings. The van der Waals surface area contributed by atoms with Gasteiger partial charge in [0.2, 0.25) is 0 Å². The molecule has 0 bridgehead atoms. The lowest BCUT2D eigenvalue weighted by Crippen LogP contribution is -2.19. The van der Waals surface area contributed by atoms with E-state index in [9.17, 15) is 4.79 Å². The van der Waals surface area contributed by atoms with Gasteiger partial charge in [-0.3, -0.25) is 4.79 Å². The second-order valence-electron chi connectivity index (χ2n) is 5.36. The number of carbonyl (C=O) groups is 1. The minimum atomic E-state index is -0.148. The fourth-order valence-corrected chi connectivity index (χ4v) is 3.68. The number of nitrogens with one attached hydrogen (secondary N) is 1. The molecule has 0 atom stereocenters. The van der Waals surface area contributed by atoms with Gasteiger partial charge in [-0.05, 0) is 12.5 Å². The van der Waals surface area contributed by atoms with E-state index in [0.717, 1.165) is 21.2 Å². The van der Waals surface area contributed by atoms with E-state index in [1.165, 1.54) is 17.3 Å². The standard InChI is InChI=1S/C19H17N3OS2/c1-14-7-9-15(10-8-14)11-20-22-18(23)13-25-19-21-17(12-24-19)16-5-3-2-4-6-16/h2-12H,13H2,1H3,(H,22,23)/b20-11+. The summed E-state index contributed by atoms with van der Waals surface area (Å²) < 4.78 is 0.872. The molecule has 0 saturated carbocycles. The Morgan fingerprint density at radius 1 is 1.20 bits per heavy atom. The number of carbonyl (C=O) groups excluding carboxylic acids is 1. The number of thiazole rings is 1. The number of hydrogen-bond donors (Lipinski definition) is 1. The van der Waals surface area contributed by atoms with Crippen molar-refractivity contribution in [2.75, 3.05) is 5.75 Å². The van der Waals surface area contributed by atoms with Crippen molar-refractivity contribution in [1.82, 2.24) is 10.4 Å². The summed E-state index contributed by atoms with van der Waals surface area (Å²) in [5, 5.41) is 5.99. The minimum absolute atomic E-state index is 0.148. The van der Waals surface area contributed by atoms with Crippen molar-refractivity contribution in [2.24, 2.45) is 5.10 Å². The zero-order chi connectivity index (χ0) is 17.5. The molecule has 6 heteroatoms. The molecule has 1 heterocycles. The quantitative estimate of drug-likeness (QED) is 0.400. The third-order valence-corrected chi connectivity index (χ3v) is 5.38. The molecular weight excluding hydrogens is 350 g/mol. The maximum absolute atomic E-state index is 11.9. The second kappa shape index (κ2) is 8.60. The van der Waals surface area contributed by atoms with Gasteiger partial charge in [0.1, 0.15) is 0 Å². The van der Waals surface area contributed by atoms with Gasteiger partial charge in [0.05, 0.1) is 17.7 Å². The highest BCUT2D eigenvalue weighted by Crippen LogP contribution is 2.27. The topological polar surface area (TPSA) is 54.4 Å². The summed E-state index contributed by atoms with van der Waals surface area (Å²) in [5.41, 5.74) is 6.70. The van der Waals surface area contributed by atoms with Gasteiger partial charge in [0.15, 0.2) is 4.34 Å². The Balaban J connectivity index is 1.48. The largest absolute Gasteiger partial charge is 0.272 e. The summed E-state index contributed by atoms with van der Waals surface area (Å²) in [7, 11) is 0. The van der Waals surface area contributed by atoms with Crippen LogP contribution < -0.4 is 5.43 Å². The molecule has 0 radical (unpaired) electrons. The Kier molecular flexibility index (Phi) is 5.98. The molecule has 2 aromatic carbocycles. The van der Waals surface area contributed by atoms with Gasteiger partial charge in [-0.1, -0.05) is 71.9 Å². The fourth-order valence-electron chi connectivity index (χ4n) is 2.06. The molecule has 4 nitrogen and oxygen atoms in total. The molecule has 126 valence electrons. The van der Waals surface area contributed by atoms with Crippen LogP contribution in [0.3, 0.4) is 0 Å². The first-order chi connectivity index (χ1) is 12.2. The van der Waals surface area contributed by atoms with Crippen molar-refractivity contribution in [1.29, 1.82) is 0 Å². The molecule has 25 heavy (non-hydrogen) atoms. The second-order valence-corrected chi connectivity index (χ2v) is 7.44. The number of amides is 1. The summed E-state index contributed by atoms with van der Waals surface area (Å²) in [6.07, 6.45) is 1.64. The lowest BCUT2D eigenvalue weighted by Gasteiger charge is -1.98. The molecule has 1 N–H and O–H groups in total. The van der Waals surface area contributed by atoms with E-state index in [1.54, 1.807) is 17.6 Å². The first-order valence-corrected chi connectivity index (χ1v) is 9.59. The Morgan fingerprint density at radius 3 is 2.72 bits per heavy atom. The molecule has 1 amide bonds. The van der Waals surface area contributed by atoms with Crippen LogP contribution in [-0.2, 0) is 4.79 Å². The van der Waals surface area contributed by atoms with E-state index in [2.05, 4.69) is 15.5 Å². The molecule has 0 fully saturated rings. The average molecular weight is 367 g/mol. The molecule has 0 saturated heterocycles. The Morgan fingerprint density at radius 2 is 1.96 bits per heavy atom. The number of thioether (sulfide) groups is 1. The van der Waals surface area contributed by atoms with Crippen LogP contribution in [-0.4, -0.2) is 22.9 Å². The van der Waals surface area contributed by atoms with E-state index in [1.807, 2.05) is 66.9 Å². The normalized spacial score (nSPS) is 10.9. The summed E-state index contributed by atoms with van der Waals surface area (Å²) in [6.45, 7) is 2.03. The molecule has 3 rings (SSSR count). The molecular formula is C19H17N3OS2. The third kappa shape index (κ3) is 5.27. The van der Waals surface area contributed by atoms with Crippen LogP contribution in [0.4, 0.5) is 0 Å². The zero-order valence-electron chi connectivity index (χ0n) is 13.7. The molecule has 0 spiro atoms. The fraction of sp³-hybridized carbons (Fsp3) is 0.105. The van der Waals surface area contributed by atoms with Crippen molar-refractivity contribution < 1.29 is 4.79 Å². The van der Waals surface area contributed by atoms with Crippen LogP contribution in [0, 0.1) is 6.92 Å². The molecule has 1 aromatic heterocycles. The minimum Gasteiger partial charge on any atom is -0.272 e. The van der Waals surface area contributed by atoms with Crippen LogP contribution in [0.15, 0.2) is 69.4 Å². The van der Waals surface area contributed by atoms with E-state index in [4.69, 9.17) is 0 Å². The number of hydrogen-bond acceptors (Lipinski definition) is 5. The first-order valence-electron chi connectivity index (χ1n) is 7.73. The van der Waals surface area contributed by atoms with Crippen LogP contribution in [0.25, 0.3) is 11.3 Å². The maximum Gasteiger partial charge on any atom is 0.250 e. The van der Waals surface area contributed by atoms with Gasteiger partial charge in [0.25, 0.3) is 5.91 Å². The van der Waals surface area contributed by atoms with Gasteiger partial charge in [-0.2, -0.15) is 5.10 Å². The molecule has 0 aliphatic heterocycles. The van der Waals surface area contributed by atoms with E-state index >= 15 is 0 Å². The number of aromatic nitrogens is 1. The lowest BCUT2D eigenvalue weighted by molar-refractivity contribution is -0.118. The Hall–Kier alpha value is -2.44. The lowest BCUT2D eigenvalue weighted by atomic mass is 10.2. The van der Waals surface area contributed by atoms with Gasteiger partial charge in [-0.25, -0.2) is 10.4 Å². The first kappa shape index (κ1) is 17.4. The van der Waals surface area contributed by atoms with E-state index < -0.39 is 0 Å². The van der Waals surface area contributed by atoms with Gasteiger partial charge in [-0.15, -0.1) is 11.3 Å². The average Bonchev–Trinajstić information content (AvgIpc) is 3.11. The smallest absolute Gasteiger partial charge is 0.250 e. The van der Waals surface area contributed by atoms with Crippen LogP contribution in [0.1, 0.15) is 11.1 Å². The Bertz CT molecular complexity index is 858.